The molecule has 0 fully saturated rings. The number of hydrogen-bond donors (Lipinski definition) is 1. The summed E-state index contributed by atoms with van der Waals surface area (Å²) < 4.78 is 19.4. The summed E-state index contributed by atoms with van der Waals surface area (Å²) in [4.78, 5) is 16.6. The fraction of sp³-hybridized carbons (Fsp3) is 0.143. The van der Waals surface area contributed by atoms with Gasteiger partial charge in [-0.2, -0.15) is 0 Å². The van der Waals surface area contributed by atoms with Gasteiger partial charge in [-0.15, -0.1) is 11.3 Å². The number of halogens is 1. The Morgan fingerprint density at radius 1 is 1.22 bits per heavy atom. The Hall–Kier alpha value is -2.99. The van der Waals surface area contributed by atoms with Gasteiger partial charge in [0, 0.05) is 11.5 Å². The molecule has 3 rings (SSSR count). The van der Waals surface area contributed by atoms with Gasteiger partial charge in [-0.05, 0) is 30.7 Å². The zero-order chi connectivity index (χ0) is 19.1. The fourth-order valence-electron chi connectivity index (χ4n) is 2.48. The molecule has 27 heavy (non-hydrogen) atoms. The highest BCUT2D eigenvalue weighted by Crippen LogP contribution is 2.19. The number of amides is 1. The van der Waals surface area contributed by atoms with Crippen LogP contribution in [0.3, 0.4) is 0 Å². The number of aryl methyl sites for hydroxylation is 1. The van der Waals surface area contributed by atoms with E-state index < -0.39 is 11.9 Å². The van der Waals surface area contributed by atoms with Gasteiger partial charge in [0.05, 0.1) is 16.7 Å². The quantitative estimate of drug-likeness (QED) is 0.611. The fourth-order valence-corrected chi connectivity index (χ4v) is 3.06. The van der Waals surface area contributed by atoms with Gasteiger partial charge < -0.3 is 10.1 Å². The van der Waals surface area contributed by atoms with Crippen LogP contribution in [0, 0.1) is 12.7 Å². The Bertz CT molecular complexity index is 925. The molecule has 138 valence electrons. The third-order valence-corrected chi connectivity index (χ3v) is 4.59. The molecule has 1 aromatic heterocycles. The van der Waals surface area contributed by atoms with E-state index in [0.29, 0.717) is 0 Å². The lowest BCUT2D eigenvalue weighted by Crippen LogP contribution is -2.31. The summed E-state index contributed by atoms with van der Waals surface area (Å²) in [6.45, 7) is 2.02. The third kappa shape index (κ3) is 5.49. The number of para-hydroxylation sites is 1. The maximum atomic E-state index is 13.8. The summed E-state index contributed by atoms with van der Waals surface area (Å²) >= 11 is 1.52. The van der Waals surface area contributed by atoms with E-state index in [-0.39, 0.29) is 18.3 Å². The molecule has 0 aliphatic rings. The first-order valence-corrected chi connectivity index (χ1v) is 9.33. The number of thiazole rings is 1. The number of nitrogens with one attached hydrogen (secondary N) is 1. The SMILES string of the molecule is Cc1nc(/C=C/C(=O)N[C@H](COc2ccccc2F)c2ccccc2)cs1. The van der Waals surface area contributed by atoms with E-state index >= 15 is 0 Å². The molecule has 0 radical (unpaired) electrons. The highest BCUT2D eigenvalue weighted by atomic mass is 32.1. The van der Waals surface area contributed by atoms with Gasteiger partial charge in [0.25, 0.3) is 0 Å². The Balaban J connectivity index is 1.69. The maximum absolute atomic E-state index is 13.8. The van der Waals surface area contributed by atoms with Crippen LogP contribution in [-0.4, -0.2) is 17.5 Å². The molecule has 0 saturated heterocycles. The molecule has 1 atom stereocenters. The lowest BCUT2D eigenvalue weighted by molar-refractivity contribution is -0.117. The first kappa shape index (κ1) is 18.8. The number of ether oxygens (including phenoxy) is 1. The molecule has 1 amide bonds. The predicted octanol–water partition coefficient (Wildman–Crippen LogP) is 4.54. The Morgan fingerprint density at radius 2 is 1.96 bits per heavy atom. The van der Waals surface area contributed by atoms with Gasteiger partial charge >= 0.3 is 0 Å². The van der Waals surface area contributed by atoms with Crippen LogP contribution >= 0.6 is 11.3 Å². The van der Waals surface area contributed by atoms with Gasteiger partial charge in [-0.1, -0.05) is 42.5 Å². The molecule has 0 aliphatic carbocycles. The number of aromatic nitrogens is 1. The molecule has 0 unspecified atom stereocenters. The van der Waals surface area contributed by atoms with Crippen molar-refractivity contribution in [1.82, 2.24) is 10.3 Å². The monoisotopic (exact) mass is 382 g/mol. The number of benzene rings is 2. The minimum Gasteiger partial charge on any atom is -0.488 e. The van der Waals surface area contributed by atoms with E-state index in [9.17, 15) is 9.18 Å². The van der Waals surface area contributed by atoms with Crippen molar-refractivity contribution in [3.63, 3.8) is 0 Å². The second-order valence-electron chi connectivity index (χ2n) is 5.84. The normalized spacial score (nSPS) is 12.1. The molecule has 0 spiro atoms. The average molecular weight is 382 g/mol. The minimum absolute atomic E-state index is 0.111. The van der Waals surface area contributed by atoms with E-state index in [2.05, 4.69) is 10.3 Å². The van der Waals surface area contributed by atoms with Crippen molar-refractivity contribution in [1.29, 1.82) is 0 Å². The molecule has 3 aromatic rings. The van der Waals surface area contributed by atoms with Crippen LogP contribution in [0.25, 0.3) is 6.08 Å². The largest absolute Gasteiger partial charge is 0.488 e. The lowest BCUT2D eigenvalue weighted by Gasteiger charge is -2.19. The molecule has 0 aliphatic heterocycles. The highest BCUT2D eigenvalue weighted by molar-refractivity contribution is 7.09. The van der Waals surface area contributed by atoms with Crippen molar-refractivity contribution in [2.75, 3.05) is 6.61 Å². The van der Waals surface area contributed by atoms with Crippen molar-refractivity contribution in [2.45, 2.75) is 13.0 Å². The molecule has 0 saturated carbocycles. The summed E-state index contributed by atoms with van der Waals surface area (Å²) in [6, 6.07) is 15.2. The molecular weight excluding hydrogens is 363 g/mol. The van der Waals surface area contributed by atoms with Crippen LogP contribution in [0.4, 0.5) is 4.39 Å². The zero-order valence-electron chi connectivity index (χ0n) is 14.8. The summed E-state index contributed by atoms with van der Waals surface area (Å²) in [5.41, 5.74) is 1.62. The maximum Gasteiger partial charge on any atom is 0.244 e. The topological polar surface area (TPSA) is 51.2 Å². The van der Waals surface area contributed by atoms with Crippen molar-refractivity contribution >= 4 is 23.3 Å². The Labute approximate surface area is 161 Å². The second kappa shape index (κ2) is 9.09. The highest BCUT2D eigenvalue weighted by Gasteiger charge is 2.15. The van der Waals surface area contributed by atoms with E-state index in [1.54, 1.807) is 24.3 Å². The first-order valence-electron chi connectivity index (χ1n) is 8.45. The van der Waals surface area contributed by atoms with Crippen LogP contribution in [0.15, 0.2) is 66.1 Å². The Kier molecular flexibility index (Phi) is 6.33. The Morgan fingerprint density at radius 3 is 2.67 bits per heavy atom. The molecule has 0 bridgehead atoms. The molecule has 1 N–H and O–H groups in total. The van der Waals surface area contributed by atoms with Crippen LogP contribution in [-0.2, 0) is 4.79 Å². The van der Waals surface area contributed by atoms with E-state index in [1.165, 1.54) is 23.5 Å². The van der Waals surface area contributed by atoms with Gasteiger partial charge in [-0.25, -0.2) is 9.37 Å². The van der Waals surface area contributed by atoms with Crippen molar-refractivity contribution in [3.8, 4) is 5.75 Å². The molecular formula is C21H19FN2O2S. The number of carbonyl (C=O) groups excluding carboxylic acids is 1. The summed E-state index contributed by atoms with van der Waals surface area (Å²) in [6.07, 6.45) is 3.10. The van der Waals surface area contributed by atoms with Crippen LogP contribution < -0.4 is 10.1 Å². The standard InChI is InChI=1S/C21H19FN2O2S/c1-15-23-17(14-27-15)11-12-21(25)24-19(16-7-3-2-4-8-16)13-26-20-10-6-5-9-18(20)22/h2-12,14,19H,13H2,1H3,(H,24,25)/b12-11+/t19-/m1/s1. The number of carbonyl (C=O) groups is 1. The third-order valence-electron chi connectivity index (χ3n) is 3.80. The zero-order valence-corrected chi connectivity index (χ0v) is 15.6. The molecule has 1 heterocycles. The smallest absolute Gasteiger partial charge is 0.244 e. The lowest BCUT2D eigenvalue weighted by atomic mass is 10.1. The van der Waals surface area contributed by atoms with Crippen LogP contribution in [0.5, 0.6) is 5.75 Å². The van der Waals surface area contributed by atoms with Crippen molar-refractivity contribution in [2.24, 2.45) is 0 Å². The van der Waals surface area contributed by atoms with Crippen LogP contribution in [0.2, 0.25) is 0 Å². The minimum atomic E-state index is -0.436. The number of nitrogens with zero attached hydrogens (tertiary/aromatic N) is 1. The van der Waals surface area contributed by atoms with Crippen molar-refractivity contribution in [3.05, 3.63) is 88.1 Å². The summed E-state index contributed by atoms with van der Waals surface area (Å²) in [5, 5.41) is 5.73. The van der Waals surface area contributed by atoms with E-state index in [0.717, 1.165) is 16.3 Å². The summed E-state index contributed by atoms with van der Waals surface area (Å²) in [5.74, 6) is -0.553. The average Bonchev–Trinajstić information content (AvgIpc) is 3.10. The van der Waals surface area contributed by atoms with E-state index in [1.807, 2.05) is 42.6 Å². The predicted molar refractivity (Wildman–Crippen MR) is 105 cm³/mol. The summed E-state index contributed by atoms with van der Waals surface area (Å²) in [7, 11) is 0. The second-order valence-corrected chi connectivity index (χ2v) is 6.90. The molecule has 4 nitrogen and oxygen atoms in total. The molecule has 6 heteroatoms. The van der Waals surface area contributed by atoms with Gasteiger partial charge in [0.1, 0.15) is 6.61 Å². The van der Waals surface area contributed by atoms with Gasteiger partial charge in [-0.3, -0.25) is 4.79 Å². The van der Waals surface area contributed by atoms with E-state index in [4.69, 9.17) is 4.74 Å². The van der Waals surface area contributed by atoms with Gasteiger partial charge in [0.15, 0.2) is 11.6 Å². The van der Waals surface area contributed by atoms with Crippen LogP contribution in [0.1, 0.15) is 22.3 Å². The van der Waals surface area contributed by atoms with Gasteiger partial charge in [0.2, 0.25) is 5.91 Å². The first-order chi connectivity index (χ1) is 13.1. The van der Waals surface area contributed by atoms with Crippen molar-refractivity contribution < 1.29 is 13.9 Å². The molecule has 2 aromatic carbocycles. The number of hydrogen-bond acceptors (Lipinski definition) is 4. The number of rotatable bonds is 7.